The van der Waals surface area contributed by atoms with Gasteiger partial charge in [0.25, 0.3) is 0 Å². The zero-order chi connectivity index (χ0) is 14.0. The Morgan fingerprint density at radius 2 is 1.65 bits per heavy atom. The van der Waals surface area contributed by atoms with Crippen LogP contribution >= 0.6 is 0 Å². The van der Waals surface area contributed by atoms with Crippen LogP contribution in [0.1, 0.15) is 49.0 Å². The maximum Gasteiger partial charge on any atom is 0.0886 e. The van der Waals surface area contributed by atoms with E-state index in [9.17, 15) is 5.11 Å². The molecule has 0 aliphatic heterocycles. The van der Waals surface area contributed by atoms with E-state index in [0.717, 1.165) is 24.8 Å². The molecule has 0 saturated heterocycles. The van der Waals surface area contributed by atoms with E-state index in [0.29, 0.717) is 0 Å². The van der Waals surface area contributed by atoms with Gasteiger partial charge < -0.3 is 5.11 Å². The summed E-state index contributed by atoms with van der Waals surface area (Å²) in [5, 5.41) is 10.9. The molecule has 1 aliphatic carbocycles. The van der Waals surface area contributed by atoms with Gasteiger partial charge in [-0.15, -0.1) is 0 Å². The Balaban J connectivity index is 1.92. The lowest BCUT2D eigenvalue weighted by atomic mass is 9.60. The molecule has 1 N–H and O–H groups in total. The topological polar surface area (TPSA) is 20.2 Å². The molecule has 0 bridgehead atoms. The largest absolute Gasteiger partial charge is 0.387 e. The van der Waals surface area contributed by atoms with Crippen LogP contribution in [0.5, 0.6) is 0 Å². The van der Waals surface area contributed by atoms with Gasteiger partial charge in [-0.05, 0) is 36.0 Å². The van der Waals surface area contributed by atoms with Gasteiger partial charge in [0.05, 0.1) is 6.10 Å². The van der Waals surface area contributed by atoms with Crippen LogP contribution < -0.4 is 0 Å². The van der Waals surface area contributed by atoms with E-state index in [-0.39, 0.29) is 5.41 Å². The van der Waals surface area contributed by atoms with Gasteiger partial charge in [-0.2, -0.15) is 0 Å². The number of aliphatic hydroxyl groups is 1. The molecule has 3 rings (SSSR count). The Kier molecular flexibility index (Phi) is 3.62. The fourth-order valence-electron chi connectivity index (χ4n) is 3.30. The second-order valence-corrected chi connectivity index (χ2v) is 5.87. The molecule has 1 aliphatic rings. The van der Waals surface area contributed by atoms with Crippen LogP contribution in [0.2, 0.25) is 0 Å². The van der Waals surface area contributed by atoms with E-state index in [4.69, 9.17) is 0 Å². The Labute approximate surface area is 121 Å². The smallest absolute Gasteiger partial charge is 0.0886 e. The van der Waals surface area contributed by atoms with Gasteiger partial charge >= 0.3 is 0 Å². The van der Waals surface area contributed by atoms with Crippen molar-refractivity contribution in [1.82, 2.24) is 0 Å². The Hall–Kier alpha value is -1.60. The van der Waals surface area contributed by atoms with Crippen LogP contribution in [0.4, 0.5) is 0 Å². The Morgan fingerprint density at radius 1 is 1.00 bits per heavy atom. The summed E-state index contributed by atoms with van der Waals surface area (Å²) in [6.07, 6.45) is 4.00. The average Bonchev–Trinajstić information content (AvgIpc) is 2.47. The second-order valence-electron chi connectivity index (χ2n) is 5.87. The third-order valence-corrected chi connectivity index (χ3v) is 4.82. The van der Waals surface area contributed by atoms with Gasteiger partial charge in [0.15, 0.2) is 0 Å². The van der Waals surface area contributed by atoms with Crippen molar-refractivity contribution in [1.29, 1.82) is 0 Å². The van der Waals surface area contributed by atoms with Gasteiger partial charge in [0, 0.05) is 5.41 Å². The van der Waals surface area contributed by atoms with Crippen LogP contribution in [0, 0.1) is 0 Å². The molecular formula is C19H22O. The molecule has 104 valence electrons. The van der Waals surface area contributed by atoms with Crippen molar-refractivity contribution >= 4 is 0 Å². The predicted octanol–water partition coefficient (Wildman–Crippen LogP) is 4.40. The minimum Gasteiger partial charge on any atom is -0.387 e. The van der Waals surface area contributed by atoms with Crippen LogP contribution in [0.15, 0.2) is 54.6 Å². The minimum atomic E-state index is -0.399. The number of aryl methyl sites for hydroxylation is 1. The van der Waals surface area contributed by atoms with Crippen LogP contribution in [-0.2, 0) is 11.8 Å². The van der Waals surface area contributed by atoms with Crippen molar-refractivity contribution in [3.63, 3.8) is 0 Å². The SMILES string of the molecule is CCc1ccc(C(O)C2(c3ccccc3)CCC2)cc1. The van der Waals surface area contributed by atoms with E-state index >= 15 is 0 Å². The van der Waals surface area contributed by atoms with Crippen LogP contribution in [-0.4, -0.2) is 5.11 Å². The third kappa shape index (κ3) is 2.16. The number of aliphatic hydroxyl groups excluding tert-OH is 1. The fraction of sp³-hybridized carbons (Fsp3) is 0.368. The summed E-state index contributed by atoms with van der Waals surface area (Å²) in [4.78, 5) is 0. The van der Waals surface area contributed by atoms with Gasteiger partial charge in [-0.1, -0.05) is 67.9 Å². The molecule has 1 atom stereocenters. The predicted molar refractivity (Wildman–Crippen MR) is 82.8 cm³/mol. The molecule has 0 aromatic heterocycles. The lowest BCUT2D eigenvalue weighted by molar-refractivity contribution is 0.0268. The molecule has 1 saturated carbocycles. The number of hydrogen-bond acceptors (Lipinski definition) is 1. The molecule has 20 heavy (non-hydrogen) atoms. The first-order valence-electron chi connectivity index (χ1n) is 7.59. The highest BCUT2D eigenvalue weighted by molar-refractivity contribution is 5.35. The molecule has 0 heterocycles. The molecule has 1 fully saturated rings. The molecular weight excluding hydrogens is 244 g/mol. The highest BCUT2D eigenvalue weighted by Gasteiger charge is 2.45. The zero-order valence-electron chi connectivity index (χ0n) is 12.0. The van der Waals surface area contributed by atoms with Gasteiger partial charge in [0.1, 0.15) is 0 Å². The maximum atomic E-state index is 10.9. The third-order valence-electron chi connectivity index (χ3n) is 4.82. The number of benzene rings is 2. The normalized spacial score (nSPS) is 18.3. The lowest BCUT2D eigenvalue weighted by Crippen LogP contribution is -2.40. The Bertz CT molecular complexity index is 552. The van der Waals surface area contributed by atoms with E-state index in [1.54, 1.807) is 0 Å². The molecule has 0 radical (unpaired) electrons. The van der Waals surface area contributed by atoms with E-state index < -0.39 is 6.10 Å². The van der Waals surface area contributed by atoms with Gasteiger partial charge in [0.2, 0.25) is 0 Å². The van der Waals surface area contributed by atoms with Crippen LogP contribution in [0.25, 0.3) is 0 Å². The summed E-state index contributed by atoms with van der Waals surface area (Å²) in [5.74, 6) is 0. The van der Waals surface area contributed by atoms with Crippen molar-refractivity contribution in [3.05, 3.63) is 71.3 Å². The first-order valence-corrected chi connectivity index (χ1v) is 7.59. The van der Waals surface area contributed by atoms with Gasteiger partial charge in [-0.3, -0.25) is 0 Å². The quantitative estimate of drug-likeness (QED) is 0.869. The minimum absolute atomic E-state index is 0.0744. The van der Waals surface area contributed by atoms with Crippen molar-refractivity contribution < 1.29 is 5.11 Å². The molecule has 1 unspecified atom stereocenters. The van der Waals surface area contributed by atoms with Crippen molar-refractivity contribution in [2.45, 2.75) is 44.1 Å². The number of rotatable bonds is 4. The zero-order valence-corrected chi connectivity index (χ0v) is 12.0. The van der Waals surface area contributed by atoms with Crippen LogP contribution in [0.3, 0.4) is 0 Å². The summed E-state index contributed by atoms with van der Waals surface area (Å²) in [7, 11) is 0. The van der Waals surface area contributed by atoms with Crippen molar-refractivity contribution in [2.24, 2.45) is 0 Å². The molecule has 0 amide bonds. The fourth-order valence-corrected chi connectivity index (χ4v) is 3.30. The average molecular weight is 266 g/mol. The van der Waals surface area contributed by atoms with E-state index in [2.05, 4.69) is 55.5 Å². The highest BCUT2D eigenvalue weighted by atomic mass is 16.3. The molecule has 0 spiro atoms. The van der Waals surface area contributed by atoms with Gasteiger partial charge in [-0.25, -0.2) is 0 Å². The van der Waals surface area contributed by atoms with Crippen molar-refractivity contribution in [2.75, 3.05) is 0 Å². The maximum absolute atomic E-state index is 10.9. The first kappa shape index (κ1) is 13.4. The molecule has 1 nitrogen and oxygen atoms in total. The summed E-state index contributed by atoms with van der Waals surface area (Å²) in [6, 6.07) is 18.9. The summed E-state index contributed by atoms with van der Waals surface area (Å²) in [5.41, 5.74) is 3.57. The first-order chi connectivity index (χ1) is 9.76. The van der Waals surface area contributed by atoms with E-state index in [1.807, 2.05) is 6.07 Å². The van der Waals surface area contributed by atoms with Crippen molar-refractivity contribution in [3.8, 4) is 0 Å². The van der Waals surface area contributed by atoms with E-state index in [1.165, 1.54) is 17.5 Å². The second kappa shape index (κ2) is 5.41. The molecule has 2 aromatic rings. The monoisotopic (exact) mass is 266 g/mol. The Morgan fingerprint density at radius 3 is 2.15 bits per heavy atom. The molecule has 1 heteroatoms. The molecule has 2 aromatic carbocycles. The highest BCUT2D eigenvalue weighted by Crippen LogP contribution is 2.52. The summed E-state index contributed by atoms with van der Waals surface area (Å²) in [6.45, 7) is 2.16. The summed E-state index contributed by atoms with van der Waals surface area (Å²) >= 11 is 0. The standard InChI is InChI=1S/C19H22O/c1-2-15-9-11-16(12-10-15)18(20)19(13-6-14-19)17-7-4-3-5-8-17/h3-5,7-12,18,20H,2,6,13-14H2,1H3. The lowest BCUT2D eigenvalue weighted by Gasteiger charge is -2.46. The number of hydrogen-bond donors (Lipinski definition) is 1. The summed E-state index contributed by atoms with van der Waals surface area (Å²) < 4.78 is 0.